The molecule has 0 rings (SSSR count). The molecule has 0 aliphatic carbocycles. The summed E-state index contributed by atoms with van der Waals surface area (Å²) in [6, 6.07) is 0. The molecular formula is C12H26O2Si2. The molecule has 0 aromatic heterocycles. The van der Waals surface area contributed by atoms with Gasteiger partial charge in [0.1, 0.15) is 5.76 Å². The lowest BCUT2D eigenvalue weighted by Gasteiger charge is -2.22. The molecule has 0 bridgehead atoms. The standard InChI is InChI=1S/C12H26O2Si2/c1-9-12(14-16(6,7)8)10-11(2)13-15(3,4)5/h9-10H,1-8H3/b11-10+,12-9-. The highest BCUT2D eigenvalue weighted by Crippen LogP contribution is 2.16. The van der Waals surface area contributed by atoms with Crippen molar-refractivity contribution in [3.63, 3.8) is 0 Å². The fraction of sp³-hybridized carbons (Fsp3) is 0.667. The van der Waals surface area contributed by atoms with E-state index in [-0.39, 0.29) is 0 Å². The average Bonchev–Trinajstić information content (AvgIpc) is 1.96. The van der Waals surface area contributed by atoms with Crippen molar-refractivity contribution in [2.24, 2.45) is 0 Å². The summed E-state index contributed by atoms with van der Waals surface area (Å²) in [5.74, 6) is 1.88. The zero-order valence-electron chi connectivity index (χ0n) is 12.0. The third kappa shape index (κ3) is 8.79. The first-order valence-corrected chi connectivity index (χ1v) is 12.6. The van der Waals surface area contributed by atoms with Crippen molar-refractivity contribution >= 4 is 16.6 Å². The molecule has 4 heteroatoms. The zero-order valence-corrected chi connectivity index (χ0v) is 14.0. The number of rotatable bonds is 5. The lowest BCUT2D eigenvalue weighted by molar-refractivity contribution is 0.404. The first-order valence-electron chi connectivity index (χ1n) is 5.76. The van der Waals surface area contributed by atoms with Gasteiger partial charge in [-0.1, -0.05) is 0 Å². The molecule has 0 fully saturated rings. The Hall–Kier alpha value is -0.486. The topological polar surface area (TPSA) is 18.5 Å². The lowest BCUT2D eigenvalue weighted by Crippen LogP contribution is -2.26. The zero-order chi connectivity index (χ0) is 13.0. The maximum atomic E-state index is 5.93. The highest BCUT2D eigenvalue weighted by atomic mass is 28.4. The molecule has 2 nitrogen and oxygen atoms in total. The van der Waals surface area contributed by atoms with E-state index in [1.54, 1.807) is 0 Å². The Labute approximate surface area is 103 Å². The summed E-state index contributed by atoms with van der Waals surface area (Å²) >= 11 is 0. The van der Waals surface area contributed by atoms with Crippen molar-refractivity contribution < 1.29 is 8.85 Å². The van der Waals surface area contributed by atoms with Crippen molar-refractivity contribution in [3.05, 3.63) is 23.7 Å². The highest BCUT2D eigenvalue weighted by molar-refractivity contribution is 6.70. The Bertz CT molecular complexity index is 280. The molecule has 0 aliphatic heterocycles. The van der Waals surface area contributed by atoms with Gasteiger partial charge in [-0.05, 0) is 59.2 Å². The first-order chi connectivity index (χ1) is 7.03. The minimum Gasteiger partial charge on any atom is -0.547 e. The van der Waals surface area contributed by atoms with Gasteiger partial charge in [0.05, 0.1) is 5.76 Å². The van der Waals surface area contributed by atoms with Crippen LogP contribution in [-0.2, 0) is 8.85 Å². The van der Waals surface area contributed by atoms with Crippen molar-refractivity contribution in [2.45, 2.75) is 53.1 Å². The molecule has 0 spiro atoms. The quantitative estimate of drug-likeness (QED) is 0.411. The van der Waals surface area contributed by atoms with E-state index >= 15 is 0 Å². The van der Waals surface area contributed by atoms with Crippen LogP contribution in [0.1, 0.15) is 13.8 Å². The Kier molecular flexibility index (Phi) is 5.55. The largest absolute Gasteiger partial charge is 0.547 e. The van der Waals surface area contributed by atoms with Crippen LogP contribution < -0.4 is 0 Å². The van der Waals surface area contributed by atoms with Crippen LogP contribution in [0.5, 0.6) is 0 Å². The van der Waals surface area contributed by atoms with Crippen LogP contribution in [0.15, 0.2) is 23.7 Å². The third-order valence-corrected chi connectivity index (χ3v) is 3.30. The van der Waals surface area contributed by atoms with Gasteiger partial charge in [-0.2, -0.15) is 0 Å². The molecule has 0 saturated carbocycles. The molecule has 0 N–H and O–H groups in total. The molecule has 0 atom stereocenters. The highest BCUT2D eigenvalue weighted by Gasteiger charge is 2.18. The van der Waals surface area contributed by atoms with Gasteiger partial charge in [0.25, 0.3) is 0 Å². The van der Waals surface area contributed by atoms with Crippen molar-refractivity contribution in [3.8, 4) is 0 Å². The van der Waals surface area contributed by atoms with E-state index in [0.717, 1.165) is 11.5 Å². The molecule has 0 amide bonds. The van der Waals surface area contributed by atoms with Crippen LogP contribution in [0.4, 0.5) is 0 Å². The van der Waals surface area contributed by atoms with Gasteiger partial charge in [0.2, 0.25) is 16.6 Å². The second-order valence-corrected chi connectivity index (χ2v) is 14.7. The summed E-state index contributed by atoms with van der Waals surface area (Å²) in [6.45, 7) is 17.1. The molecule has 0 heterocycles. The van der Waals surface area contributed by atoms with E-state index in [0.29, 0.717) is 0 Å². The van der Waals surface area contributed by atoms with Crippen LogP contribution in [0.2, 0.25) is 39.3 Å². The number of hydrogen-bond acceptors (Lipinski definition) is 2. The van der Waals surface area contributed by atoms with Gasteiger partial charge in [-0.25, -0.2) is 0 Å². The molecule has 0 radical (unpaired) electrons. The van der Waals surface area contributed by atoms with Gasteiger partial charge in [-0.3, -0.25) is 0 Å². The van der Waals surface area contributed by atoms with Gasteiger partial charge in [0.15, 0.2) is 0 Å². The number of allylic oxidation sites excluding steroid dienone is 3. The summed E-state index contributed by atoms with van der Waals surface area (Å²) in [6.07, 6.45) is 3.99. The minimum atomic E-state index is -1.52. The Balaban J connectivity index is 4.60. The lowest BCUT2D eigenvalue weighted by atomic mass is 10.4. The molecule has 0 aromatic carbocycles. The SMILES string of the molecule is C/C=C(/C=C(\C)O[Si](C)(C)C)O[Si](C)(C)C. The smallest absolute Gasteiger partial charge is 0.242 e. The van der Waals surface area contributed by atoms with Gasteiger partial charge in [-0.15, -0.1) is 0 Å². The van der Waals surface area contributed by atoms with E-state index in [4.69, 9.17) is 8.85 Å². The minimum absolute atomic E-state index is 0.926. The van der Waals surface area contributed by atoms with Crippen LogP contribution in [0.3, 0.4) is 0 Å². The van der Waals surface area contributed by atoms with E-state index in [1.165, 1.54) is 0 Å². The Morgan fingerprint density at radius 3 is 1.62 bits per heavy atom. The second kappa shape index (κ2) is 5.73. The maximum Gasteiger partial charge on any atom is 0.242 e. The van der Waals surface area contributed by atoms with E-state index in [9.17, 15) is 0 Å². The molecule has 0 saturated heterocycles. The predicted molar refractivity (Wildman–Crippen MR) is 76.4 cm³/mol. The summed E-state index contributed by atoms with van der Waals surface area (Å²) in [4.78, 5) is 0. The molecule has 16 heavy (non-hydrogen) atoms. The van der Waals surface area contributed by atoms with E-state index in [2.05, 4.69) is 39.3 Å². The summed E-state index contributed by atoms with van der Waals surface area (Å²) in [7, 11) is -3.02. The first kappa shape index (κ1) is 15.5. The fourth-order valence-electron chi connectivity index (χ4n) is 1.24. The fourth-order valence-corrected chi connectivity index (χ4v) is 3.15. The van der Waals surface area contributed by atoms with Gasteiger partial charge < -0.3 is 8.85 Å². The molecule has 94 valence electrons. The van der Waals surface area contributed by atoms with Crippen molar-refractivity contribution in [2.75, 3.05) is 0 Å². The number of hydrogen-bond donors (Lipinski definition) is 0. The summed E-state index contributed by atoms with van der Waals surface area (Å²) in [5, 5.41) is 0. The predicted octanol–water partition coefficient (Wildman–Crippen LogP) is 4.50. The van der Waals surface area contributed by atoms with E-state index in [1.807, 2.05) is 26.0 Å². The summed E-state index contributed by atoms with van der Waals surface area (Å²) < 4.78 is 11.8. The molecular weight excluding hydrogens is 232 g/mol. The van der Waals surface area contributed by atoms with Crippen LogP contribution in [0.25, 0.3) is 0 Å². The molecule has 0 aromatic rings. The Morgan fingerprint density at radius 2 is 1.31 bits per heavy atom. The van der Waals surface area contributed by atoms with Crippen molar-refractivity contribution in [1.82, 2.24) is 0 Å². The van der Waals surface area contributed by atoms with Gasteiger partial charge in [0, 0.05) is 6.08 Å². The average molecular weight is 259 g/mol. The van der Waals surface area contributed by atoms with Crippen LogP contribution >= 0.6 is 0 Å². The van der Waals surface area contributed by atoms with Crippen molar-refractivity contribution in [1.29, 1.82) is 0 Å². The summed E-state index contributed by atoms with van der Waals surface area (Å²) in [5.41, 5.74) is 0. The van der Waals surface area contributed by atoms with E-state index < -0.39 is 16.6 Å². The second-order valence-electron chi connectivity index (χ2n) is 5.87. The molecule has 0 unspecified atom stereocenters. The van der Waals surface area contributed by atoms with Gasteiger partial charge >= 0.3 is 0 Å². The monoisotopic (exact) mass is 258 g/mol. The molecule has 0 aliphatic rings. The Morgan fingerprint density at radius 1 is 0.875 bits per heavy atom. The normalized spacial score (nSPS) is 15.0. The van der Waals surface area contributed by atoms with Crippen LogP contribution in [0, 0.1) is 0 Å². The maximum absolute atomic E-state index is 5.93. The van der Waals surface area contributed by atoms with Crippen LogP contribution in [-0.4, -0.2) is 16.6 Å². The third-order valence-electron chi connectivity index (χ3n) is 1.52.